The van der Waals surface area contributed by atoms with E-state index in [1.54, 1.807) is 0 Å². The van der Waals surface area contributed by atoms with Crippen molar-refractivity contribution in [1.29, 1.82) is 0 Å². The highest BCUT2D eigenvalue weighted by Gasteiger charge is 2.58. The van der Waals surface area contributed by atoms with Gasteiger partial charge in [-0.15, -0.1) is 0 Å². The zero-order valence-corrected chi connectivity index (χ0v) is 18.7. The molecule has 2 saturated carbocycles. The van der Waals surface area contributed by atoms with E-state index in [-0.39, 0.29) is 6.04 Å². The van der Waals surface area contributed by atoms with Crippen LogP contribution in [0.5, 0.6) is 0 Å². The van der Waals surface area contributed by atoms with E-state index in [1.165, 1.54) is 19.0 Å². The van der Waals surface area contributed by atoms with Crippen molar-refractivity contribution in [3.63, 3.8) is 0 Å². The van der Waals surface area contributed by atoms with Crippen molar-refractivity contribution in [2.24, 2.45) is 11.8 Å². The third-order valence-corrected chi connectivity index (χ3v) is 7.45. The van der Waals surface area contributed by atoms with Gasteiger partial charge in [0, 0.05) is 61.1 Å². The Balaban J connectivity index is 1.37. The predicted octanol–water partition coefficient (Wildman–Crippen LogP) is 3.91. The summed E-state index contributed by atoms with van der Waals surface area (Å²) in [4.78, 5) is 6.42. The van der Waals surface area contributed by atoms with Crippen LogP contribution in [0, 0.1) is 11.8 Å². The molecule has 2 aliphatic carbocycles. The summed E-state index contributed by atoms with van der Waals surface area (Å²) in [6, 6.07) is 4.36. The summed E-state index contributed by atoms with van der Waals surface area (Å²) in [5.74, 6) is 1.22. The normalized spacial score (nSPS) is 30.7. The molecule has 3 N–H and O–H groups in total. The Hall–Kier alpha value is -2.13. The summed E-state index contributed by atoms with van der Waals surface area (Å²) in [6.07, 6.45) is -0.762. The topological polar surface area (TPSA) is 72.0 Å². The number of hydrogen-bond donors (Lipinski definition) is 2. The van der Waals surface area contributed by atoms with Gasteiger partial charge in [0.25, 0.3) is 0 Å². The van der Waals surface area contributed by atoms with E-state index in [1.807, 2.05) is 10.7 Å². The number of nitrogen functional groups attached to an aromatic ring is 1. The molecule has 0 amide bonds. The number of alkyl halides is 3. The molecule has 1 aliphatic heterocycles. The maximum absolute atomic E-state index is 13.3. The molecule has 32 heavy (non-hydrogen) atoms. The van der Waals surface area contributed by atoms with Gasteiger partial charge in [-0.2, -0.15) is 18.3 Å². The second-order valence-corrected chi connectivity index (χ2v) is 9.98. The summed E-state index contributed by atoms with van der Waals surface area (Å²) < 4.78 is 41.9. The Bertz CT molecular complexity index is 988. The zero-order chi connectivity index (χ0) is 22.8. The van der Waals surface area contributed by atoms with Crippen molar-refractivity contribution in [3.05, 3.63) is 29.6 Å². The molecule has 174 valence electrons. The van der Waals surface area contributed by atoms with E-state index in [4.69, 9.17) is 5.73 Å². The number of piperazine rings is 1. The van der Waals surface area contributed by atoms with Gasteiger partial charge in [0.2, 0.25) is 0 Å². The number of hydrogen-bond acceptors (Lipinski definition) is 5. The van der Waals surface area contributed by atoms with Crippen LogP contribution in [0.1, 0.15) is 56.8 Å². The molecule has 1 saturated heterocycles. The SMILES string of the molecule is CC(C)n1nc(-c2cnc(N)c(C(F)(F)F)c2)cc1[C@H]1[C@@H]2CC(N3CCN[C@@H](C)C3)C[C@@H]21. The summed E-state index contributed by atoms with van der Waals surface area (Å²) in [7, 11) is 0. The van der Waals surface area contributed by atoms with Crippen molar-refractivity contribution < 1.29 is 13.2 Å². The monoisotopic (exact) mass is 448 g/mol. The third-order valence-electron chi connectivity index (χ3n) is 7.45. The molecule has 2 aromatic rings. The van der Waals surface area contributed by atoms with Gasteiger partial charge in [0.15, 0.2) is 0 Å². The molecule has 3 heterocycles. The minimum atomic E-state index is -4.54. The van der Waals surface area contributed by atoms with Crippen LogP contribution in [0.3, 0.4) is 0 Å². The van der Waals surface area contributed by atoms with Crippen molar-refractivity contribution in [3.8, 4) is 11.3 Å². The molecule has 2 aromatic heterocycles. The smallest absolute Gasteiger partial charge is 0.383 e. The molecule has 0 spiro atoms. The van der Waals surface area contributed by atoms with Crippen LogP contribution in [-0.2, 0) is 6.18 Å². The molecular weight excluding hydrogens is 417 g/mol. The summed E-state index contributed by atoms with van der Waals surface area (Å²) in [5.41, 5.74) is 6.59. The molecule has 9 heteroatoms. The summed E-state index contributed by atoms with van der Waals surface area (Å²) in [6.45, 7) is 9.63. The number of nitrogens with two attached hydrogens (primary N) is 1. The van der Waals surface area contributed by atoms with Gasteiger partial charge in [0.1, 0.15) is 5.82 Å². The van der Waals surface area contributed by atoms with Crippen LogP contribution in [0.25, 0.3) is 11.3 Å². The lowest BCUT2D eigenvalue weighted by molar-refractivity contribution is -0.137. The minimum absolute atomic E-state index is 0.133. The first kappa shape index (κ1) is 21.7. The van der Waals surface area contributed by atoms with E-state index in [9.17, 15) is 13.2 Å². The number of aromatic nitrogens is 3. The number of nitrogens with one attached hydrogen (secondary N) is 1. The van der Waals surface area contributed by atoms with Gasteiger partial charge in [0.05, 0.1) is 11.3 Å². The van der Waals surface area contributed by atoms with Gasteiger partial charge in [-0.05, 0) is 57.6 Å². The van der Waals surface area contributed by atoms with E-state index in [2.05, 4.69) is 41.1 Å². The maximum Gasteiger partial charge on any atom is 0.419 e. The van der Waals surface area contributed by atoms with Gasteiger partial charge < -0.3 is 11.1 Å². The molecule has 1 unspecified atom stereocenters. The molecule has 5 atom stereocenters. The fraction of sp³-hybridized carbons (Fsp3) is 0.652. The standard InChI is InChI=1S/C23H31F3N6/c1-12(2)32-20(9-19(30-32)14-6-18(23(24,25)26)22(27)29-10-14)21-16-7-15(8-17(16)21)31-5-4-28-13(3)11-31/h6,9-10,12-13,15-17,21,28H,4-5,7-8,11H2,1-3H3,(H2,27,29)/t13-,15?,16-,17+,21+/m0/s1. The van der Waals surface area contributed by atoms with Gasteiger partial charge >= 0.3 is 6.18 Å². The lowest BCUT2D eigenvalue weighted by atomic mass is 10.0. The number of pyridine rings is 1. The third kappa shape index (κ3) is 3.79. The molecule has 6 nitrogen and oxygen atoms in total. The quantitative estimate of drug-likeness (QED) is 0.742. The van der Waals surface area contributed by atoms with Gasteiger partial charge in [-0.3, -0.25) is 9.58 Å². The molecule has 0 bridgehead atoms. The number of nitrogens with zero attached hydrogens (tertiary/aromatic N) is 4. The minimum Gasteiger partial charge on any atom is -0.383 e. The highest BCUT2D eigenvalue weighted by atomic mass is 19.4. The fourth-order valence-electron chi connectivity index (χ4n) is 5.90. The second kappa shape index (κ2) is 7.73. The lowest BCUT2D eigenvalue weighted by Gasteiger charge is -2.37. The summed E-state index contributed by atoms with van der Waals surface area (Å²) >= 11 is 0. The zero-order valence-electron chi connectivity index (χ0n) is 18.7. The average Bonchev–Trinajstić information content (AvgIpc) is 3.08. The Labute approximate surface area is 186 Å². The fourth-order valence-corrected chi connectivity index (χ4v) is 5.90. The highest BCUT2D eigenvalue weighted by Crippen LogP contribution is 2.64. The van der Waals surface area contributed by atoms with E-state index in [0.29, 0.717) is 41.1 Å². The molecule has 3 fully saturated rings. The van der Waals surface area contributed by atoms with Gasteiger partial charge in [-0.1, -0.05) is 0 Å². The van der Waals surface area contributed by atoms with E-state index >= 15 is 0 Å². The van der Waals surface area contributed by atoms with E-state index in [0.717, 1.165) is 31.4 Å². The van der Waals surface area contributed by atoms with Crippen LogP contribution in [0.4, 0.5) is 19.0 Å². The van der Waals surface area contributed by atoms with Crippen molar-refractivity contribution >= 4 is 5.82 Å². The molecule has 3 aliphatic rings. The highest BCUT2D eigenvalue weighted by molar-refractivity contribution is 5.63. The molecule has 0 radical (unpaired) electrons. The molecule has 0 aromatic carbocycles. The van der Waals surface area contributed by atoms with Crippen LogP contribution in [-0.4, -0.2) is 51.4 Å². The first-order chi connectivity index (χ1) is 15.1. The number of anilines is 1. The molecule has 5 rings (SSSR count). The second-order valence-electron chi connectivity index (χ2n) is 9.98. The van der Waals surface area contributed by atoms with Crippen molar-refractivity contribution in [2.75, 3.05) is 25.4 Å². The van der Waals surface area contributed by atoms with Crippen LogP contribution in [0.15, 0.2) is 18.3 Å². The van der Waals surface area contributed by atoms with Crippen LogP contribution < -0.4 is 11.1 Å². The van der Waals surface area contributed by atoms with E-state index < -0.39 is 17.6 Å². The van der Waals surface area contributed by atoms with Crippen molar-refractivity contribution in [2.45, 2.75) is 63.8 Å². The number of fused-ring (bicyclic) bond motifs is 1. The predicted molar refractivity (Wildman–Crippen MR) is 117 cm³/mol. The van der Waals surface area contributed by atoms with Crippen molar-refractivity contribution in [1.82, 2.24) is 25.0 Å². The molecular formula is C23H31F3N6. The van der Waals surface area contributed by atoms with Crippen LogP contribution in [0.2, 0.25) is 0 Å². The lowest BCUT2D eigenvalue weighted by Crippen LogP contribution is -2.52. The Morgan fingerprint density at radius 3 is 2.53 bits per heavy atom. The van der Waals surface area contributed by atoms with Gasteiger partial charge in [-0.25, -0.2) is 4.98 Å². The first-order valence-corrected chi connectivity index (χ1v) is 11.5. The Morgan fingerprint density at radius 1 is 1.19 bits per heavy atom. The largest absolute Gasteiger partial charge is 0.419 e. The number of halogens is 3. The Morgan fingerprint density at radius 2 is 1.91 bits per heavy atom. The average molecular weight is 449 g/mol. The Kier molecular flexibility index (Phi) is 5.24. The maximum atomic E-state index is 13.3. The van der Waals surface area contributed by atoms with Crippen LogP contribution >= 0.6 is 0 Å². The summed E-state index contributed by atoms with van der Waals surface area (Å²) in [5, 5.41) is 8.20. The number of rotatable bonds is 4. The first-order valence-electron chi connectivity index (χ1n) is 11.5.